The van der Waals surface area contributed by atoms with Crippen molar-refractivity contribution < 1.29 is 4.79 Å². The minimum absolute atomic E-state index is 0.192. The van der Waals surface area contributed by atoms with E-state index in [1.54, 1.807) is 6.20 Å². The zero-order chi connectivity index (χ0) is 13.9. The first kappa shape index (κ1) is 13.2. The average molecular weight is 290 g/mol. The van der Waals surface area contributed by atoms with E-state index in [2.05, 4.69) is 5.10 Å². The molecule has 20 heavy (non-hydrogen) atoms. The minimum atomic E-state index is 0.192. The van der Waals surface area contributed by atoms with Gasteiger partial charge in [-0.2, -0.15) is 5.10 Å². The van der Waals surface area contributed by atoms with Gasteiger partial charge in [-0.25, -0.2) is 0 Å². The van der Waals surface area contributed by atoms with Gasteiger partial charge < -0.3 is 4.90 Å². The van der Waals surface area contributed by atoms with E-state index in [9.17, 15) is 4.79 Å². The molecule has 1 aromatic heterocycles. The van der Waals surface area contributed by atoms with Crippen LogP contribution in [0.15, 0.2) is 36.5 Å². The molecule has 0 bridgehead atoms. The fraction of sp³-hybridized carbons (Fsp3) is 0.333. The van der Waals surface area contributed by atoms with Crippen LogP contribution in [0, 0.1) is 0 Å². The highest BCUT2D eigenvalue weighted by atomic mass is 35.5. The number of aromatic nitrogens is 2. The molecule has 1 aliphatic rings. The Hall–Kier alpha value is -1.81. The predicted octanol–water partition coefficient (Wildman–Crippen LogP) is 2.51. The van der Waals surface area contributed by atoms with Crippen LogP contribution in [0.5, 0.6) is 0 Å². The van der Waals surface area contributed by atoms with Gasteiger partial charge in [0, 0.05) is 24.2 Å². The number of halogens is 1. The lowest BCUT2D eigenvalue weighted by Crippen LogP contribution is -2.38. The van der Waals surface area contributed by atoms with Crippen LogP contribution in [0.2, 0.25) is 5.02 Å². The zero-order valence-corrected chi connectivity index (χ0v) is 11.9. The molecule has 0 N–H and O–H groups in total. The summed E-state index contributed by atoms with van der Waals surface area (Å²) >= 11 is 5.95. The molecule has 2 heterocycles. The van der Waals surface area contributed by atoms with E-state index in [4.69, 9.17) is 11.6 Å². The van der Waals surface area contributed by atoms with Crippen molar-refractivity contribution in [1.82, 2.24) is 14.7 Å². The first-order chi connectivity index (χ1) is 9.72. The third kappa shape index (κ3) is 2.85. The number of benzene rings is 1. The second-order valence-corrected chi connectivity index (χ2v) is 5.43. The second kappa shape index (κ2) is 5.67. The third-order valence-electron chi connectivity index (χ3n) is 3.61. The zero-order valence-electron chi connectivity index (χ0n) is 11.1. The van der Waals surface area contributed by atoms with Crippen LogP contribution < -0.4 is 0 Å². The summed E-state index contributed by atoms with van der Waals surface area (Å²) < 4.78 is 1.96. The van der Waals surface area contributed by atoms with Gasteiger partial charge in [0.1, 0.15) is 0 Å². The number of carbonyl (C=O) groups is 1. The van der Waals surface area contributed by atoms with E-state index in [-0.39, 0.29) is 5.91 Å². The van der Waals surface area contributed by atoms with Gasteiger partial charge in [-0.1, -0.05) is 23.7 Å². The molecule has 2 aromatic rings. The number of aryl methyl sites for hydroxylation is 1. The summed E-state index contributed by atoms with van der Waals surface area (Å²) in [7, 11) is 0. The van der Waals surface area contributed by atoms with Crippen LogP contribution >= 0.6 is 11.6 Å². The van der Waals surface area contributed by atoms with Crippen molar-refractivity contribution in [3.05, 3.63) is 52.8 Å². The Kier molecular flexibility index (Phi) is 3.74. The Morgan fingerprint density at radius 2 is 2.20 bits per heavy atom. The smallest absolute Gasteiger partial charge is 0.223 e. The molecule has 0 spiro atoms. The monoisotopic (exact) mass is 289 g/mol. The fourth-order valence-corrected chi connectivity index (χ4v) is 2.71. The molecule has 0 radical (unpaired) electrons. The topological polar surface area (TPSA) is 38.1 Å². The van der Waals surface area contributed by atoms with Crippen LogP contribution in [-0.4, -0.2) is 27.1 Å². The Bertz CT molecular complexity index is 623. The van der Waals surface area contributed by atoms with E-state index in [0.717, 1.165) is 35.8 Å². The minimum Gasteiger partial charge on any atom is -0.335 e. The number of hydrogen-bond donors (Lipinski definition) is 0. The molecule has 0 unspecified atom stereocenters. The van der Waals surface area contributed by atoms with Crippen molar-refractivity contribution in [3.63, 3.8) is 0 Å². The number of fused-ring (bicyclic) bond motifs is 1. The fourth-order valence-electron chi connectivity index (χ4n) is 2.50. The lowest BCUT2D eigenvalue weighted by atomic mass is 10.1. The van der Waals surface area contributed by atoms with Gasteiger partial charge in [-0.15, -0.1) is 0 Å². The van der Waals surface area contributed by atoms with Crippen molar-refractivity contribution in [2.24, 2.45) is 0 Å². The number of amides is 1. The highest BCUT2D eigenvalue weighted by Crippen LogP contribution is 2.15. The molecule has 0 atom stereocenters. The first-order valence-electron chi connectivity index (χ1n) is 6.75. The summed E-state index contributed by atoms with van der Waals surface area (Å²) in [6.45, 7) is 2.18. The van der Waals surface area contributed by atoms with Crippen LogP contribution in [-0.2, 0) is 24.3 Å². The molecule has 0 fully saturated rings. The number of nitrogens with zero attached hydrogens (tertiary/aromatic N) is 3. The molecule has 4 nitrogen and oxygen atoms in total. The van der Waals surface area contributed by atoms with Gasteiger partial charge in [0.25, 0.3) is 0 Å². The predicted molar refractivity (Wildman–Crippen MR) is 77.4 cm³/mol. The summed E-state index contributed by atoms with van der Waals surface area (Å²) in [6.07, 6.45) is 3.04. The molecule has 0 aliphatic carbocycles. The molecule has 1 amide bonds. The van der Waals surface area contributed by atoms with Gasteiger partial charge in [0.05, 0.1) is 18.8 Å². The second-order valence-electron chi connectivity index (χ2n) is 4.99. The van der Waals surface area contributed by atoms with Crippen molar-refractivity contribution in [1.29, 1.82) is 0 Å². The summed E-state index contributed by atoms with van der Waals surface area (Å²) in [5.74, 6) is 0.192. The van der Waals surface area contributed by atoms with Crippen LogP contribution in [0.4, 0.5) is 0 Å². The maximum atomic E-state index is 12.3. The quantitative estimate of drug-likeness (QED) is 0.871. The van der Waals surface area contributed by atoms with Crippen molar-refractivity contribution in [2.45, 2.75) is 25.9 Å². The van der Waals surface area contributed by atoms with Gasteiger partial charge in [-0.3, -0.25) is 9.48 Å². The molecule has 3 rings (SSSR count). The Labute approximate surface area is 123 Å². The maximum absolute atomic E-state index is 12.3. The SMILES string of the molecule is O=C(CCc1cccc(Cl)c1)N1CCn2nccc2C1. The van der Waals surface area contributed by atoms with E-state index >= 15 is 0 Å². The van der Waals surface area contributed by atoms with E-state index in [1.165, 1.54) is 0 Å². The van der Waals surface area contributed by atoms with E-state index < -0.39 is 0 Å². The normalized spacial score (nSPS) is 14.2. The number of rotatable bonds is 3. The van der Waals surface area contributed by atoms with Gasteiger partial charge in [0.2, 0.25) is 5.91 Å². The van der Waals surface area contributed by atoms with E-state index in [1.807, 2.05) is 39.9 Å². The maximum Gasteiger partial charge on any atom is 0.223 e. The largest absolute Gasteiger partial charge is 0.335 e. The highest BCUT2D eigenvalue weighted by molar-refractivity contribution is 6.30. The average Bonchev–Trinajstić information content (AvgIpc) is 2.92. The molecule has 1 aromatic carbocycles. The van der Waals surface area contributed by atoms with Gasteiger partial charge >= 0.3 is 0 Å². The molecule has 5 heteroatoms. The van der Waals surface area contributed by atoms with Crippen LogP contribution in [0.3, 0.4) is 0 Å². The first-order valence-corrected chi connectivity index (χ1v) is 7.13. The summed E-state index contributed by atoms with van der Waals surface area (Å²) in [6, 6.07) is 9.65. The van der Waals surface area contributed by atoms with Crippen molar-refractivity contribution in [3.8, 4) is 0 Å². The summed E-state index contributed by atoms with van der Waals surface area (Å²) in [4.78, 5) is 14.2. The lowest BCUT2D eigenvalue weighted by molar-refractivity contribution is -0.132. The molecule has 0 saturated carbocycles. The number of hydrogen-bond acceptors (Lipinski definition) is 2. The van der Waals surface area contributed by atoms with Gasteiger partial charge in [-0.05, 0) is 30.2 Å². The Morgan fingerprint density at radius 3 is 3.05 bits per heavy atom. The Balaban J connectivity index is 1.58. The standard InChI is InChI=1S/C15H16ClN3O/c16-13-3-1-2-12(10-13)4-5-15(20)18-8-9-19-14(11-18)6-7-17-19/h1-3,6-7,10H,4-5,8-9,11H2. The summed E-state index contributed by atoms with van der Waals surface area (Å²) in [5, 5.41) is 4.94. The third-order valence-corrected chi connectivity index (χ3v) is 3.84. The van der Waals surface area contributed by atoms with Crippen LogP contribution in [0.25, 0.3) is 0 Å². The lowest BCUT2D eigenvalue weighted by Gasteiger charge is -2.27. The molecular weight excluding hydrogens is 274 g/mol. The highest BCUT2D eigenvalue weighted by Gasteiger charge is 2.20. The summed E-state index contributed by atoms with van der Waals surface area (Å²) in [5.41, 5.74) is 2.21. The molecular formula is C15H16ClN3O. The van der Waals surface area contributed by atoms with Gasteiger partial charge in [0.15, 0.2) is 0 Å². The molecule has 1 aliphatic heterocycles. The van der Waals surface area contributed by atoms with Crippen molar-refractivity contribution >= 4 is 17.5 Å². The Morgan fingerprint density at radius 1 is 1.30 bits per heavy atom. The molecule has 0 saturated heterocycles. The van der Waals surface area contributed by atoms with Crippen molar-refractivity contribution in [2.75, 3.05) is 6.54 Å². The molecule has 104 valence electrons. The number of carbonyl (C=O) groups excluding carboxylic acids is 1. The van der Waals surface area contributed by atoms with E-state index in [0.29, 0.717) is 13.0 Å². The van der Waals surface area contributed by atoms with Crippen LogP contribution in [0.1, 0.15) is 17.7 Å².